The zero-order valence-corrected chi connectivity index (χ0v) is 7.67. The molecule has 4 heteroatoms. The van der Waals surface area contributed by atoms with Crippen molar-refractivity contribution in [2.24, 2.45) is 0 Å². The number of benzene rings is 1. The van der Waals surface area contributed by atoms with E-state index in [0.29, 0.717) is 11.4 Å². The summed E-state index contributed by atoms with van der Waals surface area (Å²) < 4.78 is 21.1. The van der Waals surface area contributed by atoms with Crippen LogP contribution >= 0.6 is 0 Å². The number of nitrogens with one attached hydrogen (secondary N) is 1. The van der Waals surface area contributed by atoms with Crippen LogP contribution in [-0.4, -0.2) is 15.5 Å². The van der Waals surface area contributed by atoms with Crippen LogP contribution in [-0.2, 0) is 17.2 Å². The normalized spacial score (nSPS) is 10.5. The van der Waals surface area contributed by atoms with Crippen LogP contribution in [0.1, 0.15) is 5.56 Å². The third-order valence-corrected chi connectivity index (χ3v) is 2.20. The Balaban J connectivity index is 2.95. The van der Waals surface area contributed by atoms with Gasteiger partial charge in [0.1, 0.15) is 0 Å². The molecule has 0 saturated carbocycles. The third-order valence-electron chi connectivity index (χ3n) is 1.50. The van der Waals surface area contributed by atoms with Crippen molar-refractivity contribution in [2.75, 3.05) is 7.05 Å². The van der Waals surface area contributed by atoms with Crippen LogP contribution in [0, 0.1) is 0 Å². The molecule has 66 valence electrons. The van der Waals surface area contributed by atoms with Crippen LogP contribution < -0.4 is 5.32 Å². The molecule has 0 aliphatic carbocycles. The summed E-state index contributed by atoms with van der Waals surface area (Å²) >= 11 is 0. The highest BCUT2D eigenvalue weighted by Crippen LogP contribution is 2.05. The zero-order chi connectivity index (χ0) is 8.97. The summed E-state index contributed by atoms with van der Waals surface area (Å²) in [6, 6.07) is 6.89. The molecular formula is C8H11NO2S. The summed E-state index contributed by atoms with van der Waals surface area (Å²) in [7, 11) is -0.627. The second kappa shape index (κ2) is 4.23. The predicted molar refractivity (Wildman–Crippen MR) is 47.8 cm³/mol. The molecule has 1 aromatic carbocycles. The van der Waals surface area contributed by atoms with Crippen molar-refractivity contribution in [1.82, 2.24) is 5.32 Å². The molecule has 0 amide bonds. The van der Waals surface area contributed by atoms with Gasteiger partial charge in [0.05, 0.1) is 4.90 Å². The van der Waals surface area contributed by atoms with Gasteiger partial charge in [-0.2, -0.15) is 0 Å². The average molecular weight is 185 g/mol. The van der Waals surface area contributed by atoms with E-state index in [2.05, 4.69) is 5.32 Å². The molecule has 0 unspecified atom stereocenters. The minimum Gasteiger partial charge on any atom is -0.316 e. The number of hydrogen-bond acceptors (Lipinski definition) is 3. The Bertz CT molecular complexity index is 326. The van der Waals surface area contributed by atoms with Gasteiger partial charge in [0.15, 0.2) is 10.7 Å². The van der Waals surface area contributed by atoms with Crippen LogP contribution in [0.4, 0.5) is 0 Å². The van der Waals surface area contributed by atoms with Gasteiger partial charge in [0.2, 0.25) is 0 Å². The van der Waals surface area contributed by atoms with Crippen molar-refractivity contribution >= 4 is 10.7 Å². The van der Waals surface area contributed by atoms with E-state index in [4.69, 9.17) is 0 Å². The Morgan fingerprint density at radius 3 is 2.75 bits per heavy atom. The van der Waals surface area contributed by atoms with E-state index in [0.717, 1.165) is 5.56 Å². The fraction of sp³-hybridized carbons (Fsp3) is 0.250. The van der Waals surface area contributed by atoms with Crippen LogP contribution in [0.5, 0.6) is 0 Å². The number of rotatable bonds is 3. The van der Waals surface area contributed by atoms with Crippen molar-refractivity contribution in [3.63, 3.8) is 0 Å². The van der Waals surface area contributed by atoms with Gasteiger partial charge in [-0.25, -0.2) is 8.42 Å². The Morgan fingerprint density at radius 2 is 2.17 bits per heavy atom. The molecule has 0 aliphatic rings. The van der Waals surface area contributed by atoms with E-state index in [1.165, 1.54) is 0 Å². The smallest absolute Gasteiger partial charge is 0.168 e. The second-order valence-corrected chi connectivity index (χ2v) is 3.49. The quantitative estimate of drug-likeness (QED) is 0.669. The highest BCUT2D eigenvalue weighted by Gasteiger charge is 1.95. The van der Waals surface area contributed by atoms with Gasteiger partial charge in [-0.1, -0.05) is 12.1 Å². The van der Waals surface area contributed by atoms with Gasteiger partial charge in [0, 0.05) is 6.54 Å². The largest absolute Gasteiger partial charge is 0.316 e. The lowest BCUT2D eigenvalue weighted by Crippen LogP contribution is -2.04. The highest BCUT2D eigenvalue weighted by atomic mass is 32.2. The molecule has 0 saturated heterocycles. The summed E-state index contributed by atoms with van der Waals surface area (Å²) in [5.74, 6) is 0. The maximum atomic E-state index is 10.6. The van der Waals surface area contributed by atoms with E-state index in [9.17, 15) is 8.42 Å². The van der Waals surface area contributed by atoms with Gasteiger partial charge in [-0.05, 0) is 24.7 Å². The lowest BCUT2D eigenvalue weighted by molar-refractivity contribution is 0.614. The van der Waals surface area contributed by atoms with Crippen LogP contribution in [0.2, 0.25) is 0 Å². The van der Waals surface area contributed by atoms with Crippen LogP contribution in [0.3, 0.4) is 0 Å². The van der Waals surface area contributed by atoms with Gasteiger partial charge in [-0.3, -0.25) is 0 Å². The fourth-order valence-corrected chi connectivity index (χ4v) is 1.46. The Morgan fingerprint density at radius 1 is 1.42 bits per heavy atom. The molecule has 0 aromatic heterocycles. The number of thiol groups is 1. The van der Waals surface area contributed by atoms with Crippen molar-refractivity contribution in [2.45, 2.75) is 11.4 Å². The van der Waals surface area contributed by atoms with Crippen LogP contribution in [0.25, 0.3) is 0 Å². The van der Waals surface area contributed by atoms with Crippen LogP contribution in [0.15, 0.2) is 29.2 Å². The van der Waals surface area contributed by atoms with Gasteiger partial charge in [-0.15, -0.1) is 0 Å². The first-order chi connectivity index (χ1) is 5.74. The molecule has 0 radical (unpaired) electrons. The topological polar surface area (TPSA) is 46.2 Å². The molecular weight excluding hydrogens is 174 g/mol. The Labute approximate surface area is 73.4 Å². The molecule has 0 spiro atoms. The van der Waals surface area contributed by atoms with E-state index in [1.807, 2.05) is 13.1 Å². The van der Waals surface area contributed by atoms with Crippen molar-refractivity contribution in [1.29, 1.82) is 0 Å². The molecule has 12 heavy (non-hydrogen) atoms. The summed E-state index contributed by atoms with van der Waals surface area (Å²) in [5, 5.41) is 2.95. The molecule has 1 aromatic rings. The molecule has 1 N–H and O–H groups in total. The molecule has 3 nitrogen and oxygen atoms in total. The van der Waals surface area contributed by atoms with Gasteiger partial charge in [0.25, 0.3) is 0 Å². The summed E-state index contributed by atoms with van der Waals surface area (Å²) in [4.78, 5) is 0.373. The summed E-state index contributed by atoms with van der Waals surface area (Å²) in [5.41, 5.74) is 0.981. The monoisotopic (exact) mass is 185 g/mol. The number of hydrogen-bond donors (Lipinski definition) is 2. The maximum absolute atomic E-state index is 10.6. The molecule has 0 aliphatic heterocycles. The lowest BCUT2D eigenvalue weighted by Gasteiger charge is -1.99. The average Bonchev–Trinajstić information content (AvgIpc) is 2.05. The van der Waals surface area contributed by atoms with Crippen molar-refractivity contribution < 1.29 is 8.42 Å². The lowest BCUT2D eigenvalue weighted by atomic mass is 10.2. The molecule has 0 bridgehead atoms. The SMILES string of the molecule is CNCc1cccc([SH](=O)=O)c1. The zero-order valence-electron chi connectivity index (χ0n) is 6.78. The standard InChI is InChI=1S/C8H11NO2S/c1-9-6-7-3-2-4-8(5-7)12(10)11/h2-5,9,12H,6H2,1H3. The van der Waals surface area contributed by atoms with Crippen molar-refractivity contribution in [3.8, 4) is 0 Å². The highest BCUT2D eigenvalue weighted by molar-refractivity contribution is 7.72. The minimum atomic E-state index is -2.45. The van der Waals surface area contributed by atoms with Gasteiger partial charge < -0.3 is 5.32 Å². The van der Waals surface area contributed by atoms with Gasteiger partial charge >= 0.3 is 0 Å². The molecule has 0 atom stereocenters. The first kappa shape index (κ1) is 9.22. The second-order valence-electron chi connectivity index (χ2n) is 2.46. The first-order valence-electron chi connectivity index (χ1n) is 3.62. The summed E-state index contributed by atoms with van der Waals surface area (Å²) in [6.07, 6.45) is 0. The van der Waals surface area contributed by atoms with E-state index in [1.54, 1.807) is 18.2 Å². The Hall–Kier alpha value is -0.870. The summed E-state index contributed by atoms with van der Waals surface area (Å²) in [6.45, 7) is 0.691. The molecule has 0 heterocycles. The maximum Gasteiger partial charge on any atom is 0.168 e. The predicted octanol–water partition coefficient (Wildman–Crippen LogP) is 0.376. The van der Waals surface area contributed by atoms with E-state index in [-0.39, 0.29) is 0 Å². The Kier molecular flexibility index (Phi) is 3.25. The minimum absolute atomic E-state index is 0.373. The fourth-order valence-electron chi connectivity index (χ4n) is 0.984. The van der Waals surface area contributed by atoms with Crippen molar-refractivity contribution in [3.05, 3.63) is 29.8 Å². The molecule has 0 fully saturated rings. The third kappa shape index (κ3) is 2.32. The van der Waals surface area contributed by atoms with E-state index >= 15 is 0 Å². The van der Waals surface area contributed by atoms with E-state index < -0.39 is 10.7 Å². The molecule has 1 rings (SSSR count). The first-order valence-corrected chi connectivity index (χ1v) is 4.79.